The molecule has 0 bridgehead atoms. The van der Waals surface area contributed by atoms with E-state index in [1.54, 1.807) is 0 Å². The highest BCUT2D eigenvalue weighted by Gasteiger charge is 2.34. The molecule has 0 aromatic rings. The predicted molar refractivity (Wildman–Crippen MR) is 102 cm³/mol. The SMILES string of the molecule is CC[Si](CC)(CC)C(C)C=CC(C)[Si](CC)(CC)CC. The molecule has 0 saturated carbocycles. The monoisotopic (exact) mass is 312 g/mol. The summed E-state index contributed by atoms with van der Waals surface area (Å²) in [6, 6.07) is 8.65. The topological polar surface area (TPSA) is 0 Å². The van der Waals surface area contributed by atoms with Gasteiger partial charge in [0.25, 0.3) is 0 Å². The van der Waals surface area contributed by atoms with Crippen molar-refractivity contribution in [1.82, 2.24) is 0 Å². The van der Waals surface area contributed by atoms with Crippen LogP contribution in [0.3, 0.4) is 0 Å². The fourth-order valence-electron chi connectivity index (χ4n) is 4.17. The summed E-state index contributed by atoms with van der Waals surface area (Å²) in [4.78, 5) is 0. The Morgan fingerprint density at radius 1 is 0.550 bits per heavy atom. The summed E-state index contributed by atoms with van der Waals surface area (Å²) in [6.07, 6.45) is 5.24. The first-order valence-electron chi connectivity index (χ1n) is 9.10. The average Bonchev–Trinajstić information content (AvgIpc) is 2.49. The average molecular weight is 313 g/mol. The van der Waals surface area contributed by atoms with Gasteiger partial charge < -0.3 is 0 Å². The second kappa shape index (κ2) is 9.24. The van der Waals surface area contributed by atoms with Gasteiger partial charge in [0.1, 0.15) is 0 Å². The molecular weight excluding hydrogens is 272 g/mol. The molecule has 120 valence electrons. The van der Waals surface area contributed by atoms with Crippen molar-refractivity contribution in [1.29, 1.82) is 0 Å². The molecule has 0 aromatic carbocycles. The summed E-state index contributed by atoms with van der Waals surface area (Å²) < 4.78 is 0. The quantitative estimate of drug-likeness (QED) is 0.292. The Labute approximate surface area is 131 Å². The number of allylic oxidation sites excluding steroid dienone is 2. The second-order valence-corrected chi connectivity index (χ2v) is 18.3. The normalized spacial score (nSPS) is 16.6. The largest absolute Gasteiger partial charge is 0.0884 e. The van der Waals surface area contributed by atoms with E-state index >= 15 is 0 Å². The molecule has 0 N–H and O–H groups in total. The Balaban J connectivity index is 5.01. The van der Waals surface area contributed by atoms with Crippen LogP contribution in [0.15, 0.2) is 12.2 Å². The molecule has 0 aliphatic rings. The van der Waals surface area contributed by atoms with Gasteiger partial charge in [-0.25, -0.2) is 0 Å². The molecule has 0 heterocycles. The van der Waals surface area contributed by atoms with E-state index in [4.69, 9.17) is 0 Å². The molecule has 0 radical (unpaired) electrons. The summed E-state index contributed by atoms with van der Waals surface area (Å²) in [6.45, 7) is 19.6. The Morgan fingerprint density at radius 3 is 0.900 bits per heavy atom. The predicted octanol–water partition coefficient (Wildman–Crippen LogP) is 7.34. The summed E-state index contributed by atoms with van der Waals surface area (Å²) in [5.74, 6) is 0. The molecule has 0 aliphatic heterocycles. The van der Waals surface area contributed by atoms with Crippen molar-refractivity contribution in [2.45, 2.75) is 103 Å². The number of rotatable bonds is 10. The maximum atomic E-state index is 2.62. The number of hydrogen-bond acceptors (Lipinski definition) is 0. The minimum absolute atomic E-state index is 0.849. The first-order chi connectivity index (χ1) is 9.41. The molecule has 2 atom stereocenters. The van der Waals surface area contributed by atoms with Crippen LogP contribution in [0.1, 0.15) is 55.4 Å². The maximum absolute atomic E-state index is 2.62. The van der Waals surface area contributed by atoms with Crippen molar-refractivity contribution >= 4 is 16.1 Å². The van der Waals surface area contributed by atoms with Crippen LogP contribution < -0.4 is 0 Å². The van der Waals surface area contributed by atoms with Crippen LogP contribution in [0, 0.1) is 0 Å². The molecule has 2 unspecified atom stereocenters. The van der Waals surface area contributed by atoms with E-state index in [0.717, 1.165) is 11.1 Å². The molecule has 0 spiro atoms. The summed E-state index contributed by atoms with van der Waals surface area (Å²) in [7, 11) is -2.10. The summed E-state index contributed by atoms with van der Waals surface area (Å²) >= 11 is 0. The Morgan fingerprint density at radius 2 is 0.750 bits per heavy atom. The van der Waals surface area contributed by atoms with Crippen LogP contribution in [0.25, 0.3) is 0 Å². The van der Waals surface area contributed by atoms with Crippen molar-refractivity contribution in [2.75, 3.05) is 0 Å². The lowest BCUT2D eigenvalue weighted by molar-refractivity contribution is 0.978. The van der Waals surface area contributed by atoms with Gasteiger partial charge in [0.2, 0.25) is 0 Å². The summed E-state index contributed by atoms with van der Waals surface area (Å²) in [5, 5.41) is 0. The van der Waals surface area contributed by atoms with Gasteiger partial charge in [0.05, 0.1) is 16.1 Å². The highest BCUT2D eigenvalue weighted by atomic mass is 28.3. The first-order valence-corrected chi connectivity index (χ1v) is 14.5. The zero-order valence-corrected chi connectivity index (χ0v) is 17.6. The highest BCUT2D eigenvalue weighted by Crippen LogP contribution is 2.37. The van der Waals surface area contributed by atoms with Crippen molar-refractivity contribution in [3.05, 3.63) is 12.2 Å². The van der Waals surface area contributed by atoms with Crippen molar-refractivity contribution in [2.24, 2.45) is 0 Å². The molecular formula is C18H40Si2. The third-order valence-corrected chi connectivity index (χ3v) is 19.5. The van der Waals surface area contributed by atoms with Crippen LogP contribution in [-0.4, -0.2) is 16.1 Å². The Bertz CT molecular complexity index is 231. The minimum Gasteiger partial charge on any atom is -0.0884 e. The molecule has 2 heteroatoms. The summed E-state index contributed by atoms with van der Waals surface area (Å²) in [5.41, 5.74) is 1.70. The zero-order chi connectivity index (χ0) is 15.8. The van der Waals surface area contributed by atoms with Crippen LogP contribution >= 0.6 is 0 Å². The van der Waals surface area contributed by atoms with Gasteiger partial charge >= 0.3 is 0 Å². The maximum Gasteiger partial charge on any atom is 0.0593 e. The zero-order valence-electron chi connectivity index (χ0n) is 15.6. The van der Waals surface area contributed by atoms with E-state index < -0.39 is 16.1 Å². The fraction of sp³-hybridized carbons (Fsp3) is 0.889. The van der Waals surface area contributed by atoms with E-state index in [2.05, 4.69) is 67.5 Å². The van der Waals surface area contributed by atoms with Crippen LogP contribution in [0.4, 0.5) is 0 Å². The molecule has 0 rings (SSSR count). The third-order valence-electron chi connectivity index (χ3n) is 6.85. The van der Waals surface area contributed by atoms with Gasteiger partial charge in [-0.05, 0) is 11.1 Å². The highest BCUT2D eigenvalue weighted by molar-refractivity contribution is 6.82. The molecule has 0 saturated heterocycles. The third kappa shape index (κ3) is 4.33. The molecule has 0 aromatic heterocycles. The number of hydrogen-bond donors (Lipinski definition) is 0. The first kappa shape index (κ1) is 20.2. The van der Waals surface area contributed by atoms with Gasteiger partial charge in [0, 0.05) is 0 Å². The van der Waals surface area contributed by atoms with E-state index in [0.29, 0.717) is 0 Å². The molecule has 0 aliphatic carbocycles. The molecule has 20 heavy (non-hydrogen) atoms. The van der Waals surface area contributed by atoms with E-state index in [1.165, 1.54) is 36.3 Å². The second-order valence-electron chi connectivity index (χ2n) is 6.81. The molecule has 0 fully saturated rings. The van der Waals surface area contributed by atoms with E-state index in [-0.39, 0.29) is 0 Å². The fourth-order valence-corrected chi connectivity index (χ4v) is 12.1. The van der Waals surface area contributed by atoms with Gasteiger partial charge in [-0.3, -0.25) is 0 Å². The lowest BCUT2D eigenvalue weighted by Crippen LogP contribution is -2.37. The van der Waals surface area contributed by atoms with Gasteiger partial charge in [-0.1, -0.05) is 104 Å². The van der Waals surface area contributed by atoms with Crippen LogP contribution in [0.5, 0.6) is 0 Å². The van der Waals surface area contributed by atoms with Crippen molar-refractivity contribution in [3.63, 3.8) is 0 Å². The molecule has 0 nitrogen and oxygen atoms in total. The Kier molecular flexibility index (Phi) is 9.32. The smallest absolute Gasteiger partial charge is 0.0593 e. The molecule has 0 amide bonds. The van der Waals surface area contributed by atoms with Crippen molar-refractivity contribution in [3.8, 4) is 0 Å². The minimum atomic E-state index is -1.05. The van der Waals surface area contributed by atoms with E-state index in [1.807, 2.05) is 0 Å². The van der Waals surface area contributed by atoms with Gasteiger partial charge in [-0.2, -0.15) is 0 Å². The lowest BCUT2D eigenvalue weighted by Gasteiger charge is -2.35. The van der Waals surface area contributed by atoms with Gasteiger partial charge in [-0.15, -0.1) is 0 Å². The van der Waals surface area contributed by atoms with Crippen LogP contribution in [-0.2, 0) is 0 Å². The Hall–Kier alpha value is 0.174. The van der Waals surface area contributed by atoms with Crippen LogP contribution in [0.2, 0.25) is 47.3 Å². The lowest BCUT2D eigenvalue weighted by atomic mass is 10.3. The van der Waals surface area contributed by atoms with E-state index in [9.17, 15) is 0 Å². The van der Waals surface area contributed by atoms with Crippen molar-refractivity contribution < 1.29 is 0 Å². The van der Waals surface area contributed by atoms with Gasteiger partial charge in [0.15, 0.2) is 0 Å². The standard InChI is InChI=1S/C18H40Si2/c1-9-19(10-2,11-3)17(7)15-16-18(8)20(12-4,13-5)14-6/h15-18H,9-14H2,1-8H3.